The van der Waals surface area contributed by atoms with Crippen molar-refractivity contribution in [1.82, 2.24) is 9.80 Å². The molecule has 3 saturated heterocycles. The van der Waals surface area contributed by atoms with E-state index in [0.29, 0.717) is 12.2 Å². The average molecular weight is 296 g/mol. The highest BCUT2D eigenvalue weighted by Crippen LogP contribution is 2.18. The summed E-state index contributed by atoms with van der Waals surface area (Å²) in [5.41, 5.74) is 0. The normalized spacial score (nSPS) is 32.6. The van der Waals surface area contributed by atoms with Gasteiger partial charge in [0.2, 0.25) is 0 Å². The first kappa shape index (κ1) is 15.7. The maximum Gasteiger partial charge on any atom is 0.0588 e. The molecule has 2 atom stereocenters. The minimum Gasteiger partial charge on any atom is -0.378 e. The number of hydrogen-bond donors (Lipinski definition) is 0. The second-order valence-electron chi connectivity index (χ2n) is 6.88. The van der Waals surface area contributed by atoms with Crippen molar-refractivity contribution in [1.29, 1.82) is 0 Å². The molecule has 3 heterocycles. The van der Waals surface area contributed by atoms with E-state index in [1.54, 1.807) is 0 Å². The lowest BCUT2D eigenvalue weighted by Gasteiger charge is -2.23. The van der Waals surface area contributed by atoms with Gasteiger partial charge in [-0.1, -0.05) is 0 Å². The molecule has 122 valence electrons. The molecule has 0 saturated carbocycles. The van der Waals surface area contributed by atoms with Crippen LogP contribution in [0.1, 0.15) is 44.9 Å². The van der Waals surface area contributed by atoms with E-state index in [-0.39, 0.29) is 0 Å². The molecule has 3 fully saturated rings. The Labute approximate surface area is 129 Å². The molecule has 0 N–H and O–H groups in total. The Morgan fingerprint density at radius 3 is 1.62 bits per heavy atom. The van der Waals surface area contributed by atoms with Gasteiger partial charge in [-0.3, -0.25) is 0 Å². The Morgan fingerprint density at radius 2 is 1.19 bits per heavy atom. The molecule has 0 bridgehead atoms. The van der Waals surface area contributed by atoms with Crippen LogP contribution in [0.4, 0.5) is 0 Å². The van der Waals surface area contributed by atoms with E-state index in [2.05, 4.69) is 9.80 Å². The molecule has 3 aliphatic heterocycles. The van der Waals surface area contributed by atoms with Crippen LogP contribution in [0, 0.1) is 0 Å². The third-order valence-electron chi connectivity index (χ3n) is 5.26. The van der Waals surface area contributed by atoms with Gasteiger partial charge in [0.25, 0.3) is 0 Å². The minimum absolute atomic E-state index is 0.545. The zero-order valence-corrected chi connectivity index (χ0v) is 13.5. The quantitative estimate of drug-likeness (QED) is 0.750. The van der Waals surface area contributed by atoms with Crippen LogP contribution in [0.25, 0.3) is 0 Å². The molecular formula is C17H32N2O2. The van der Waals surface area contributed by atoms with Crippen LogP contribution in [0.15, 0.2) is 0 Å². The van der Waals surface area contributed by atoms with Crippen molar-refractivity contribution in [2.75, 3.05) is 52.5 Å². The van der Waals surface area contributed by atoms with Crippen molar-refractivity contribution >= 4 is 0 Å². The van der Waals surface area contributed by atoms with Crippen molar-refractivity contribution < 1.29 is 9.47 Å². The first-order valence-corrected chi connectivity index (χ1v) is 9.08. The summed E-state index contributed by atoms with van der Waals surface area (Å²) in [5, 5.41) is 0. The van der Waals surface area contributed by atoms with Crippen LogP contribution in [0.2, 0.25) is 0 Å². The molecule has 21 heavy (non-hydrogen) atoms. The molecular weight excluding hydrogens is 264 g/mol. The van der Waals surface area contributed by atoms with Crippen LogP contribution >= 0.6 is 0 Å². The van der Waals surface area contributed by atoms with Crippen molar-refractivity contribution in [3.05, 3.63) is 0 Å². The Hall–Kier alpha value is -0.160. The third kappa shape index (κ3) is 5.20. The molecule has 3 rings (SSSR count). The predicted molar refractivity (Wildman–Crippen MR) is 84.7 cm³/mol. The Balaban J connectivity index is 1.31. The van der Waals surface area contributed by atoms with Crippen molar-refractivity contribution in [3.63, 3.8) is 0 Å². The van der Waals surface area contributed by atoms with Crippen LogP contribution in [-0.4, -0.2) is 74.5 Å². The zero-order chi connectivity index (χ0) is 14.3. The minimum atomic E-state index is 0.545. The molecule has 4 nitrogen and oxygen atoms in total. The lowest BCUT2D eigenvalue weighted by Crippen LogP contribution is -2.33. The third-order valence-corrected chi connectivity index (χ3v) is 5.26. The molecule has 0 aliphatic carbocycles. The van der Waals surface area contributed by atoms with E-state index in [1.165, 1.54) is 84.2 Å². The summed E-state index contributed by atoms with van der Waals surface area (Å²) in [4.78, 5) is 5.29. The van der Waals surface area contributed by atoms with Crippen LogP contribution < -0.4 is 0 Å². The molecule has 0 aromatic carbocycles. The first-order chi connectivity index (χ1) is 10.4. The van der Waals surface area contributed by atoms with Crippen molar-refractivity contribution in [2.45, 2.75) is 57.2 Å². The monoisotopic (exact) mass is 296 g/mol. The molecule has 0 aromatic rings. The van der Waals surface area contributed by atoms with E-state index in [0.717, 1.165) is 13.2 Å². The number of rotatable bonds is 6. The maximum absolute atomic E-state index is 5.74. The summed E-state index contributed by atoms with van der Waals surface area (Å²) in [5.74, 6) is 0. The molecule has 4 heteroatoms. The Morgan fingerprint density at radius 1 is 0.667 bits per heavy atom. The molecule has 0 unspecified atom stereocenters. The highest BCUT2D eigenvalue weighted by Gasteiger charge is 2.20. The highest BCUT2D eigenvalue weighted by atomic mass is 16.5. The molecule has 0 amide bonds. The van der Waals surface area contributed by atoms with Gasteiger partial charge in [-0.25, -0.2) is 0 Å². The number of nitrogens with zero attached hydrogens (tertiary/aromatic N) is 2. The summed E-state index contributed by atoms with van der Waals surface area (Å²) < 4.78 is 11.5. The largest absolute Gasteiger partial charge is 0.378 e. The average Bonchev–Trinajstić information content (AvgIpc) is 3.15. The van der Waals surface area contributed by atoms with Gasteiger partial charge in [0.15, 0.2) is 0 Å². The molecule has 0 aromatic heterocycles. The van der Waals surface area contributed by atoms with Crippen molar-refractivity contribution in [2.24, 2.45) is 0 Å². The van der Waals surface area contributed by atoms with Gasteiger partial charge < -0.3 is 19.3 Å². The van der Waals surface area contributed by atoms with Crippen LogP contribution in [-0.2, 0) is 9.47 Å². The fourth-order valence-electron chi connectivity index (χ4n) is 3.87. The molecule has 3 aliphatic rings. The van der Waals surface area contributed by atoms with E-state index < -0.39 is 0 Å². The van der Waals surface area contributed by atoms with E-state index in [9.17, 15) is 0 Å². The number of hydrogen-bond acceptors (Lipinski definition) is 4. The topological polar surface area (TPSA) is 24.9 Å². The van der Waals surface area contributed by atoms with Gasteiger partial charge in [0, 0.05) is 39.4 Å². The fraction of sp³-hybridized carbons (Fsp3) is 1.00. The molecule has 0 radical (unpaired) electrons. The summed E-state index contributed by atoms with van der Waals surface area (Å²) in [6, 6.07) is 0. The Bertz CT molecular complexity index is 261. The van der Waals surface area contributed by atoms with E-state index in [1.807, 2.05) is 0 Å². The fourth-order valence-corrected chi connectivity index (χ4v) is 3.87. The highest BCUT2D eigenvalue weighted by molar-refractivity contribution is 4.74. The van der Waals surface area contributed by atoms with Crippen LogP contribution in [0.3, 0.4) is 0 Å². The SMILES string of the molecule is C1CO[C@@H](CCN2CCCN(CC[C@@H]3CCCO3)CC2)C1. The smallest absolute Gasteiger partial charge is 0.0588 e. The molecule has 0 spiro atoms. The summed E-state index contributed by atoms with van der Waals surface area (Å²) in [6.45, 7) is 9.43. The van der Waals surface area contributed by atoms with Gasteiger partial charge in [0.1, 0.15) is 0 Å². The first-order valence-electron chi connectivity index (χ1n) is 9.08. The zero-order valence-electron chi connectivity index (χ0n) is 13.5. The lowest BCUT2D eigenvalue weighted by molar-refractivity contribution is 0.0892. The second-order valence-corrected chi connectivity index (χ2v) is 6.88. The van der Waals surface area contributed by atoms with Crippen molar-refractivity contribution in [3.8, 4) is 0 Å². The maximum atomic E-state index is 5.74. The second kappa shape index (κ2) is 8.47. The standard InChI is InChI=1S/C17H32N2O2/c1-4-16(20-14-1)6-10-18-8-3-9-19(13-12-18)11-7-17-5-2-15-21-17/h16-17H,1-15H2/t16-,17+. The predicted octanol–water partition coefficient (Wildman–Crippen LogP) is 2.13. The van der Waals surface area contributed by atoms with Gasteiger partial charge in [-0.15, -0.1) is 0 Å². The number of ether oxygens (including phenoxy) is 2. The van der Waals surface area contributed by atoms with Gasteiger partial charge in [-0.05, 0) is 58.0 Å². The van der Waals surface area contributed by atoms with Gasteiger partial charge in [-0.2, -0.15) is 0 Å². The summed E-state index contributed by atoms with van der Waals surface area (Å²) in [6.07, 6.45) is 9.96. The Kier molecular flexibility index (Phi) is 6.34. The lowest BCUT2D eigenvalue weighted by atomic mass is 10.2. The van der Waals surface area contributed by atoms with Gasteiger partial charge >= 0.3 is 0 Å². The van der Waals surface area contributed by atoms with E-state index in [4.69, 9.17) is 9.47 Å². The van der Waals surface area contributed by atoms with Gasteiger partial charge in [0.05, 0.1) is 12.2 Å². The van der Waals surface area contributed by atoms with Crippen LogP contribution in [0.5, 0.6) is 0 Å². The summed E-state index contributed by atoms with van der Waals surface area (Å²) >= 11 is 0. The summed E-state index contributed by atoms with van der Waals surface area (Å²) in [7, 11) is 0. The van der Waals surface area contributed by atoms with E-state index >= 15 is 0 Å².